The van der Waals surface area contributed by atoms with Gasteiger partial charge in [0.05, 0.1) is 17.1 Å². The van der Waals surface area contributed by atoms with E-state index < -0.39 is 0 Å². The van der Waals surface area contributed by atoms with Crippen LogP contribution in [-0.4, -0.2) is 29.3 Å². The first-order valence-electron chi connectivity index (χ1n) is 17.5. The van der Waals surface area contributed by atoms with Crippen LogP contribution in [0.15, 0.2) is 43.5 Å². The van der Waals surface area contributed by atoms with Gasteiger partial charge in [0.25, 0.3) is 0 Å². The van der Waals surface area contributed by atoms with Gasteiger partial charge in [-0.3, -0.25) is 0 Å². The average molecular weight is 660 g/mol. The van der Waals surface area contributed by atoms with Crippen LogP contribution in [0.5, 0.6) is 0 Å². The Morgan fingerprint density at radius 2 is 0.711 bits per heavy atom. The molecule has 6 nitrogen and oxygen atoms in total. The molecule has 0 saturated heterocycles. The molecule has 0 N–H and O–H groups in total. The normalized spacial score (nSPS) is 15.9. The fourth-order valence-corrected chi connectivity index (χ4v) is 5.23. The Labute approximate surface area is 286 Å². The Balaban J connectivity index is 0.00000191. The molecule has 6 unspecified atom stereocenters. The molecule has 3 aromatic heterocycles. The van der Waals surface area contributed by atoms with E-state index in [0.717, 1.165) is 38.5 Å². The fraction of sp³-hybridized carbons (Fsp3) is 0.658. The van der Waals surface area contributed by atoms with Crippen LogP contribution in [-0.2, 0) is 17.1 Å². The molecular weight excluding hydrogens is 595 g/mol. The van der Waals surface area contributed by atoms with Crippen molar-refractivity contribution in [3.8, 4) is 0 Å². The first kappa shape index (κ1) is 40.7. The quantitative estimate of drug-likeness (QED) is 0.114. The van der Waals surface area contributed by atoms with Gasteiger partial charge < -0.3 is 0 Å². The van der Waals surface area contributed by atoms with E-state index in [9.17, 15) is 0 Å². The minimum atomic E-state index is -0.287. The number of hydrogen-bond donors (Lipinski definition) is 0. The third-order valence-corrected chi connectivity index (χ3v) is 9.88. The van der Waals surface area contributed by atoms with Crippen molar-refractivity contribution in [2.45, 2.75) is 163 Å². The van der Waals surface area contributed by atoms with Crippen molar-refractivity contribution in [3.05, 3.63) is 77.7 Å². The second-order valence-electron chi connectivity index (χ2n) is 13.0. The van der Waals surface area contributed by atoms with Crippen LogP contribution in [0.1, 0.15) is 198 Å². The summed E-state index contributed by atoms with van der Waals surface area (Å²) in [7, 11) is 0. The van der Waals surface area contributed by atoms with Crippen molar-refractivity contribution in [3.63, 3.8) is 0 Å². The minimum Gasteiger partial charge on any atom is -0.224 e. The summed E-state index contributed by atoms with van der Waals surface area (Å²) in [6.07, 6.45) is 9.37. The van der Waals surface area contributed by atoms with Gasteiger partial charge in [-0.25, -0.2) is 14.0 Å². The molecule has 0 bridgehead atoms. The Morgan fingerprint density at radius 3 is 0.889 bits per heavy atom. The van der Waals surface area contributed by atoms with Crippen molar-refractivity contribution in [2.75, 3.05) is 0 Å². The predicted octanol–water partition coefficient (Wildman–Crippen LogP) is 11.3. The van der Waals surface area contributed by atoms with Gasteiger partial charge in [-0.2, -0.15) is 15.3 Å². The maximum absolute atomic E-state index is 5.40. The Kier molecular flexibility index (Phi) is 17.5. The number of allylic oxidation sites excluding steroid dienone is 2. The van der Waals surface area contributed by atoms with Gasteiger partial charge in [-0.05, 0) is 92.2 Å². The summed E-state index contributed by atoms with van der Waals surface area (Å²) >= 11 is 0. The van der Waals surface area contributed by atoms with Gasteiger partial charge in [0.2, 0.25) is 6.29 Å². The topological polar surface area (TPSA) is 53.5 Å². The van der Waals surface area contributed by atoms with E-state index >= 15 is 0 Å². The third kappa shape index (κ3) is 9.58. The molecule has 3 aromatic rings. The number of rotatable bonds is 16. The molecule has 0 aliphatic carbocycles. The van der Waals surface area contributed by atoms with Crippen LogP contribution in [0.4, 0.5) is 0 Å². The Morgan fingerprint density at radius 1 is 0.489 bits per heavy atom. The molecule has 45 heavy (non-hydrogen) atoms. The zero-order valence-corrected chi connectivity index (χ0v) is 31.8. The van der Waals surface area contributed by atoms with E-state index in [2.05, 4.69) is 128 Å². The molecule has 253 valence electrons. The van der Waals surface area contributed by atoms with Crippen LogP contribution in [0.3, 0.4) is 0 Å². The minimum absolute atomic E-state index is 0. The number of nitrogens with zero attached hydrogens (tertiary/aromatic N) is 6. The molecule has 0 aliphatic heterocycles. The van der Waals surface area contributed by atoms with Gasteiger partial charge in [0.1, 0.15) is 0 Å². The molecule has 0 spiro atoms. The van der Waals surface area contributed by atoms with E-state index in [1.807, 2.05) is 0 Å². The van der Waals surface area contributed by atoms with E-state index in [1.165, 1.54) is 34.2 Å². The van der Waals surface area contributed by atoms with Crippen LogP contribution in [0, 0.1) is 0 Å². The Hall–Kier alpha value is -2.37. The molecule has 0 aromatic carbocycles. The van der Waals surface area contributed by atoms with Crippen molar-refractivity contribution in [1.82, 2.24) is 29.3 Å². The molecular formula is C38H64MnN6. The van der Waals surface area contributed by atoms with Gasteiger partial charge in [0.15, 0.2) is 0 Å². The second-order valence-corrected chi connectivity index (χ2v) is 13.0. The zero-order valence-electron chi connectivity index (χ0n) is 30.6. The molecule has 0 amide bonds. The standard InChI is InChI=1S/C34H58N6.C4H6.Mn/c1-13-22(7)28-19-31(25(10)16-4)38(35-28)34(39-32(26(11)17-5)20-29(36-39)23(8)14-2)40-33(27(12)18-6)21-30(37-40)24(9)15-3;1-3-4-2;/h19-27,34H,13-18H2,1-12H3;3-4H,1-2H2;. The van der Waals surface area contributed by atoms with E-state index in [1.54, 1.807) is 12.2 Å². The maximum Gasteiger partial charge on any atom is 0.238 e. The van der Waals surface area contributed by atoms with E-state index in [4.69, 9.17) is 15.3 Å². The predicted molar refractivity (Wildman–Crippen MR) is 189 cm³/mol. The third-order valence-electron chi connectivity index (χ3n) is 9.88. The summed E-state index contributed by atoms with van der Waals surface area (Å²) in [6.45, 7) is 34.2. The van der Waals surface area contributed by atoms with E-state index in [-0.39, 0.29) is 23.4 Å². The SMILES string of the molecule is C=CC=C.CCC(C)c1cc(C(C)CC)n(C(n2nc(C(C)CC)cc2C(C)CC)n2nc(C(C)CC)cc2C(C)CC)n1.[Mn]. The summed E-state index contributed by atoms with van der Waals surface area (Å²) in [6, 6.07) is 7.08. The molecule has 0 fully saturated rings. The first-order chi connectivity index (χ1) is 21.0. The van der Waals surface area contributed by atoms with Crippen LogP contribution in [0.25, 0.3) is 0 Å². The van der Waals surface area contributed by atoms with Gasteiger partial charge in [-0.15, -0.1) is 0 Å². The summed E-state index contributed by atoms with van der Waals surface area (Å²) < 4.78 is 6.86. The molecule has 0 aliphatic rings. The molecule has 3 heterocycles. The zero-order chi connectivity index (χ0) is 33.1. The summed E-state index contributed by atoms with van der Waals surface area (Å²) in [4.78, 5) is 0. The summed E-state index contributed by atoms with van der Waals surface area (Å²) in [5, 5.41) is 16.2. The van der Waals surface area contributed by atoms with E-state index in [0.29, 0.717) is 35.5 Å². The number of hydrogen-bond acceptors (Lipinski definition) is 3. The van der Waals surface area contributed by atoms with Crippen molar-refractivity contribution in [2.24, 2.45) is 0 Å². The summed E-state index contributed by atoms with van der Waals surface area (Å²) in [5.41, 5.74) is 7.32. The van der Waals surface area contributed by atoms with Crippen molar-refractivity contribution >= 4 is 0 Å². The van der Waals surface area contributed by atoms with Crippen molar-refractivity contribution < 1.29 is 17.1 Å². The second kappa shape index (κ2) is 19.3. The monoisotopic (exact) mass is 659 g/mol. The largest absolute Gasteiger partial charge is 0.238 e. The summed E-state index contributed by atoms with van der Waals surface area (Å²) in [5.74, 6) is 2.32. The van der Waals surface area contributed by atoms with Gasteiger partial charge in [-0.1, -0.05) is 108 Å². The molecule has 7 heteroatoms. The Bertz CT molecular complexity index is 1150. The number of aromatic nitrogens is 6. The molecule has 1 radical (unpaired) electrons. The fourth-order valence-electron chi connectivity index (χ4n) is 5.23. The average Bonchev–Trinajstić information content (AvgIpc) is 3.81. The van der Waals surface area contributed by atoms with Crippen LogP contribution < -0.4 is 0 Å². The van der Waals surface area contributed by atoms with Crippen LogP contribution >= 0.6 is 0 Å². The van der Waals surface area contributed by atoms with Gasteiger partial charge in [0, 0.05) is 34.2 Å². The van der Waals surface area contributed by atoms with Gasteiger partial charge >= 0.3 is 0 Å². The molecule has 0 saturated carbocycles. The molecule has 3 rings (SSSR count). The maximum atomic E-state index is 5.40. The van der Waals surface area contributed by atoms with Crippen LogP contribution in [0.2, 0.25) is 0 Å². The molecule has 6 atom stereocenters. The van der Waals surface area contributed by atoms with Crippen molar-refractivity contribution in [1.29, 1.82) is 0 Å². The first-order valence-corrected chi connectivity index (χ1v) is 17.5. The smallest absolute Gasteiger partial charge is 0.224 e.